The minimum absolute atomic E-state index is 0.105. The molecule has 3 atom stereocenters. The number of ether oxygens (including phenoxy) is 2. The highest BCUT2D eigenvalue weighted by Crippen LogP contribution is 2.23. The van der Waals surface area contributed by atoms with Crippen molar-refractivity contribution in [2.45, 2.75) is 45.2 Å². The number of anilines is 1. The Labute approximate surface area is 112 Å². The minimum Gasteiger partial charge on any atom is -0.465 e. The Morgan fingerprint density at radius 1 is 1.37 bits per heavy atom. The summed E-state index contributed by atoms with van der Waals surface area (Å²) >= 11 is 0. The summed E-state index contributed by atoms with van der Waals surface area (Å²) in [5.41, 5.74) is 0.730. The molecule has 1 amide bonds. The molecular weight excluding hydrogens is 246 g/mol. The van der Waals surface area contributed by atoms with E-state index >= 15 is 0 Å². The Morgan fingerprint density at radius 2 is 2.05 bits per heavy atom. The zero-order chi connectivity index (χ0) is 13.8. The van der Waals surface area contributed by atoms with Gasteiger partial charge in [-0.05, 0) is 37.6 Å². The van der Waals surface area contributed by atoms with Crippen LogP contribution < -0.4 is 10.1 Å². The predicted octanol–water partition coefficient (Wildman–Crippen LogP) is 1.91. The molecule has 0 radical (unpaired) electrons. The summed E-state index contributed by atoms with van der Waals surface area (Å²) in [5.74, 6) is 0.579. The molecule has 0 aromatic heterocycles. The number of hydrogen-bond acceptors (Lipinski definition) is 4. The molecular formula is C14H19NO4. The van der Waals surface area contributed by atoms with Crippen molar-refractivity contribution in [1.82, 2.24) is 0 Å². The van der Waals surface area contributed by atoms with E-state index in [0.29, 0.717) is 18.6 Å². The highest BCUT2D eigenvalue weighted by atomic mass is 16.7. The van der Waals surface area contributed by atoms with Gasteiger partial charge >= 0.3 is 0 Å². The number of aliphatic hydroxyl groups is 1. The van der Waals surface area contributed by atoms with Crippen molar-refractivity contribution in [1.29, 1.82) is 0 Å². The van der Waals surface area contributed by atoms with Gasteiger partial charge in [-0.2, -0.15) is 0 Å². The van der Waals surface area contributed by atoms with Crippen molar-refractivity contribution in [3.05, 3.63) is 24.3 Å². The minimum atomic E-state index is -0.415. The normalized spacial score (nSPS) is 26.8. The SMILES string of the molecule is CC(=O)Nc1ccc(OC2CCC(O)[C@H](C)O2)cc1. The highest BCUT2D eigenvalue weighted by molar-refractivity contribution is 5.88. The Morgan fingerprint density at radius 3 is 2.63 bits per heavy atom. The van der Waals surface area contributed by atoms with Gasteiger partial charge in [0, 0.05) is 19.0 Å². The van der Waals surface area contributed by atoms with Crippen LogP contribution in [0.2, 0.25) is 0 Å². The van der Waals surface area contributed by atoms with E-state index in [1.165, 1.54) is 6.92 Å². The van der Waals surface area contributed by atoms with Crippen LogP contribution in [0.1, 0.15) is 26.7 Å². The van der Waals surface area contributed by atoms with Gasteiger partial charge in [0.05, 0.1) is 12.2 Å². The van der Waals surface area contributed by atoms with Gasteiger partial charge in [-0.15, -0.1) is 0 Å². The lowest BCUT2D eigenvalue weighted by molar-refractivity contribution is -0.180. The van der Waals surface area contributed by atoms with Crippen LogP contribution in [-0.4, -0.2) is 29.5 Å². The molecule has 1 aliphatic heterocycles. The Hall–Kier alpha value is -1.59. The van der Waals surface area contributed by atoms with Gasteiger partial charge in [-0.25, -0.2) is 0 Å². The number of aliphatic hydroxyl groups excluding tert-OH is 1. The topological polar surface area (TPSA) is 67.8 Å². The van der Waals surface area contributed by atoms with Crippen molar-refractivity contribution < 1.29 is 19.4 Å². The van der Waals surface area contributed by atoms with Crippen LogP contribution in [0.25, 0.3) is 0 Å². The summed E-state index contributed by atoms with van der Waals surface area (Å²) in [5, 5.41) is 12.3. The molecule has 5 nitrogen and oxygen atoms in total. The maximum atomic E-state index is 10.9. The molecule has 1 heterocycles. The monoisotopic (exact) mass is 265 g/mol. The Balaban J connectivity index is 1.91. The molecule has 19 heavy (non-hydrogen) atoms. The van der Waals surface area contributed by atoms with Crippen molar-refractivity contribution in [3.63, 3.8) is 0 Å². The first-order chi connectivity index (χ1) is 9.04. The van der Waals surface area contributed by atoms with Crippen LogP contribution in [0.5, 0.6) is 5.75 Å². The maximum Gasteiger partial charge on any atom is 0.221 e. The predicted molar refractivity (Wildman–Crippen MR) is 70.9 cm³/mol. The zero-order valence-electron chi connectivity index (χ0n) is 11.1. The fourth-order valence-electron chi connectivity index (χ4n) is 2.00. The standard InChI is InChI=1S/C14H19NO4/c1-9-13(17)7-8-14(18-9)19-12-5-3-11(4-6-12)15-10(2)16/h3-6,9,13-14,17H,7-8H2,1-2H3,(H,15,16)/t9-,13?,14?/m0/s1. The highest BCUT2D eigenvalue weighted by Gasteiger charge is 2.27. The van der Waals surface area contributed by atoms with Gasteiger partial charge in [-0.3, -0.25) is 4.79 Å². The molecule has 1 aromatic rings. The summed E-state index contributed by atoms with van der Waals surface area (Å²) in [4.78, 5) is 10.9. The second kappa shape index (κ2) is 6.04. The van der Waals surface area contributed by atoms with Crippen LogP contribution in [0.15, 0.2) is 24.3 Å². The molecule has 1 aliphatic rings. The largest absolute Gasteiger partial charge is 0.465 e. The molecule has 0 bridgehead atoms. The Bertz CT molecular complexity index is 432. The molecule has 5 heteroatoms. The van der Waals surface area contributed by atoms with Crippen LogP contribution in [0.3, 0.4) is 0 Å². The third kappa shape index (κ3) is 3.94. The smallest absolute Gasteiger partial charge is 0.221 e. The first kappa shape index (κ1) is 13.8. The van der Waals surface area contributed by atoms with E-state index in [0.717, 1.165) is 5.69 Å². The zero-order valence-corrected chi connectivity index (χ0v) is 11.1. The van der Waals surface area contributed by atoms with E-state index in [-0.39, 0.29) is 18.3 Å². The van der Waals surface area contributed by atoms with E-state index in [9.17, 15) is 9.90 Å². The van der Waals surface area contributed by atoms with E-state index in [4.69, 9.17) is 9.47 Å². The van der Waals surface area contributed by atoms with Gasteiger partial charge < -0.3 is 19.9 Å². The number of amides is 1. The number of rotatable bonds is 3. The van der Waals surface area contributed by atoms with Crippen LogP contribution >= 0.6 is 0 Å². The van der Waals surface area contributed by atoms with Crippen molar-refractivity contribution in [2.24, 2.45) is 0 Å². The van der Waals surface area contributed by atoms with Gasteiger partial charge in [0.25, 0.3) is 0 Å². The van der Waals surface area contributed by atoms with Gasteiger partial charge in [-0.1, -0.05) is 0 Å². The molecule has 2 rings (SSSR count). The number of carbonyl (C=O) groups is 1. The molecule has 1 aromatic carbocycles. The second-order valence-corrected chi connectivity index (χ2v) is 4.74. The molecule has 0 saturated carbocycles. The number of carbonyl (C=O) groups excluding carboxylic acids is 1. The molecule has 2 unspecified atom stereocenters. The van der Waals surface area contributed by atoms with Crippen molar-refractivity contribution in [3.8, 4) is 5.75 Å². The third-order valence-corrected chi connectivity index (χ3v) is 3.05. The lowest BCUT2D eigenvalue weighted by Gasteiger charge is -2.31. The summed E-state index contributed by atoms with van der Waals surface area (Å²) in [6.45, 7) is 3.30. The van der Waals surface area contributed by atoms with Crippen LogP contribution in [0, 0.1) is 0 Å². The van der Waals surface area contributed by atoms with Crippen LogP contribution in [0.4, 0.5) is 5.69 Å². The molecule has 2 N–H and O–H groups in total. The fraction of sp³-hybridized carbons (Fsp3) is 0.500. The Kier molecular flexibility index (Phi) is 4.39. The van der Waals surface area contributed by atoms with Gasteiger partial charge in [0.2, 0.25) is 5.91 Å². The van der Waals surface area contributed by atoms with Gasteiger partial charge in [0.15, 0.2) is 6.29 Å². The van der Waals surface area contributed by atoms with Crippen LogP contribution in [-0.2, 0) is 9.53 Å². The van der Waals surface area contributed by atoms with E-state index in [1.807, 2.05) is 6.92 Å². The van der Waals surface area contributed by atoms with Gasteiger partial charge in [0.1, 0.15) is 5.75 Å². The summed E-state index contributed by atoms with van der Waals surface area (Å²) in [7, 11) is 0. The number of benzene rings is 1. The van der Waals surface area contributed by atoms with Crippen molar-refractivity contribution >= 4 is 11.6 Å². The molecule has 0 aliphatic carbocycles. The second-order valence-electron chi connectivity index (χ2n) is 4.74. The van der Waals surface area contributed by atoms with Crippen molar-refractivity contribution in [2.75, 3.05) is 5.32 Å². The third-order valence-electron chi connectivity index (χ3n) is 3.05. The first-order valence-electron chi connectivity index (χ1n) is 6.42. The fourth-order valence-corrected chi connectivity index (χ4v) is 2.00. The lowest BCUT2D eigenvalue weighted by atomic mass is 10.1. The lowest BCUT2D eigenvalue weighted by Crippen LogP contribution is -2.39. The van der Waals surface area contributed by atoms with E-state index < -0.39 is 6.10 Å². The molecule has 1 fully saturated rings. The summed E-state index contributed by atoms with van der Waals surface area (Å²) < 4.78 is 11.2. The molecule has 104 valence electrons. The summed E-state index contributed by atoms with van der Waals surface area (Å²) in [6.07, 6.45) is 0.388. The quantitative estimate of drug-likeness (QED) is 0.876. The number of hydrogen-bond donors (Lipinski definition) is 2. The van der Waals surface area contributed by atoms with E-state index in [1.54, 1.807) is 24.3 Å². The first-order valence-corrected chi connectivity index (χ1v) is 6.42. The molecule has 1 saturated heterocycles. The average molecular weight is 265 g/mol. The summed E-state index contributed by atoms with van der Waals surface area (Å²) in [6, 6.07) is 7.12. The molecule has 0 spiro atoms. The number of nitrogens with one attached hydrogen (secondary N) is 1. The average Bonchev–Trinajstić information content (AvgIpc) is 2.36. The maximum absolute atomic E-state index is 10.9. The van der Waals surface area contributed by atoms with E-state index in [2.05, 4.69) is 5.32 Å².